The van der Waals surface area contributed by atoms with Crippen LogP contribution in [0.3, 0.4) is 0 Å². The third-order valence-electron chi connectivity index (χ3n) is 4.56. The summed E-state index contributed by atoms with van der Waals surface area (Å²) in [6.45, 7) is 2.26. The van der Waals surface area contributed by atoms with Crippen molar-refractivity contribution in [2.45, 2.75) is 26.0 Å². The minimum Gasteiger partial charge on any atom is -0.387 e. The number of hydrogen-bond acceptors (Lipinski definition) is 5. The Bertz CT molecular complexity index is 1120. The van der Waals surface area contributed by atoms with E-state index in [9.17, 15) is 9.90 Å². The summed E-state index contributed by atoms with van der Waals surface area (Å²) >= 11 is 0. The van der Waals surface area contributed by atoms with Crippen molar-refractivity contribution in [2.24, 2.45) is 0 Å². The highest BCUT2D eigenvalue weighted by Crippen LogP contribution is 2.17. The molecule has 28 heavy (non-hydrogen) atoms. The van der Waals surface area contributed by atoms with Gasteiger partial charge in [0.05, 0.1) is 23.6 Å². The maximum Gasteiger partial charge on any atom is 0.253 e. The molecular weight excluding hydrogens is 356 g/mol. The van der Waals surface area contributed by atoms with Gasteiger partial charge in [-0.3, -0.25) is 4.79 Å². The molecule has 0 aliphatic rings. The van der Waals surface area contributed by atoms with Crippen LogP contribution in [0.2, 0.25) is 0 Å². The van der Waals surface area contributed by atoms with Crippen LogP contribution in [-0.2, 0) is 6.54 Å². The molecule has 3 N–H and O–H groups in total. The summed E-state index contributed by atoms with van der Waals surface area (Å²) in [6, 6.07) is 11.3. The SMILES string of the molecule is CCC(O)c1cn(-c2cccc(CNC(=O)c3c[nH]c4ncccc34)c2)nn1. The van der Waals surface area contributed by atoms with Crippen LogP contribution in [-0.4, -0.2) is 36.0 Å². The van der Waals surface area contributed by atoms with E-state index in [-0.39, 0.29) is 5.91 Å². The molecule has 0 fully saturated rings. The summed E-state index contributed by atoms with van der Waals surface area (Å²) < 4.78 is 1.62. The average molecular weight is 376 g/mol. The van der Waals surface area contributed by atoms with E-state index >= 15 is 0 Å². The van der Waals surface area contributed by atoms with Crippen LogP contribution in [0, 0.1) is 0 Å². The molecule has 8 nitrogen and oxygen atoms in total. The van der Waals surface area contributed by atoms with Crippen molar-refractivity contribution in [3.8, 4) is 5.69 Å². The van der Waals surface area contributed by atoms with E-state index < -0.39 is 6.10 Å². The Balaban J connectivity index is 1.48. The zero-order valence-corrected chi connectivity index (χ0v) is 15.3. The van der Waals surface area contributed by atoms with Crippen molar-refractivity contribution in [3.63, 3.8) is 0 Å². The molecule has 4 aromatic rings. The molecule has 0 bridgehead atoms. The molecule has 0 radical (unpaired) electrons. The number of amides is 1. The molecule has 142 valence electrons. The molecular formula is C20H20N6O2. The third-order valence-corrected chi connectivity index (χ3v) is 4.56. The number of aromatic nitrogens is 5. The number of aliphatic hydroxyl groups is 1. The number of benzene rings is 1. The standard InChI is InChI=1S/C20H20N6O2/c1-2-18(27)17-12-26(25-24-17)14-6-3-5-13(9-14)10-23-20(28)16-11-22-19-15(16)7-4-8-21-19/h3-9,11-12,18,27H,2,10H2,1H3,(H,21,22)(H,23,28). The van der Waals surface area contributed by atoms with Crippen molar-refractivity contribution >= 4 is 16.9 Å². The second kappa shape index (κ2) is 7.61. The molecule has 4 rings (SSSR count). The zero-order chi connectivity index (χ0) is 19.5. The number of fused-ring (bicyclic) bond motifs is 1. The molecule has 1 aromatic carbocycles. The van der Waals surface area contributed by atoms with Crippen LogP contribution in [0.15, 0.2) is 55.0 Å². The number of nitrogens with zero attached hydrogens (tertiary/aromatic N) is 4. The summed E-state index contributed by atoms with van der Waals surface area (Å²) in [7, 11) is 0. The number of rotatable bonds is 6. The fourth-order valence-electron chi connectivity index (χ4n) is 3.00. The second-order valence-corrected chi connectivity index (χ2v) is 6.47. The van der Waals surface area contributed by atoms with Crippen LogP contribution >= 0.6 is 0 Å². The number of carbonyl (C=O) groups excluding carboxylic acids is 1. The van der Waals surface area contributed by atoms with Gasteiger partial charge >= 0.3 is 0 Å². The van der Waals surface area contributed by atoms with E-state index in [4.69, 9.17) is 0 Å². The Kier molecular flexibility index (Phi) is 4.86. The molecule has 1 unspecified atom stereocenters. The van der Waals surface area contributed by atoms with E-state index in [1.165, 1.54) is 0 Å². The Morgan fingerprint density at radius 2 is 2.21 bits per heavy atom. The van der Waals surface area contributed by atoms with Crippen molar-refractivity contribution in [3.05, 3.63) is 71.8 Å². The van der Waals surface area contributed by atoms with Gasteiger partial charge in [-0.2, -0.15) is 0 Å². The molecule has 0 aliphatic carbocycles. The van der Waals surface area contributed by atoms with E-state index in [0.717, 1.165) is 16.6 Å². The molecule has 3 aromatic heterocycles. The van der Waals surface area contributed by atoms with Gasteiger partial charge in [-0.25, -0.2) is 9.67 Å². The number of pyridine rings is 1. The number of nitrogens with one attached hydrogen (secondary N) is 2. The van der Waals surface area contributed by atoms with Crippen molar-refractivity contribution in [1.29, 1.82) is 0 Å². The maximum atomic E-state index is 12.5. The van der Waals surface area contributed by atoms with Gasteiger partial charge in [0.15, 0.2) is 0 Å². The lowest BCUT2D eigenvalue weighted by atomic mass is 10.1. The van der Waals surface area contributed by atoms with Crippen molar-refractivity contribution in [2.75, 3.05) is 0 Å². The van der Waals surface area contributed by atoms with Gasteiger partial charge in [0.1, 0.15) is 11.3 Å². The lowest BCUT2D eigenvalue weighted by Gasteiger charge is -2.07. The predicted molar refractivity (Wildman–Crippen MR) is 104 cm³/mol. The summed E-state index contributed by atoms with van der Waals surface area (Å²) in [5.74, 6) is -0.168. The molecule has 0 saturated carbocycles. The van der Waals surface area contributed by atoms with Crippen molar-refractivity contribution in [1.82, 2.24) is 30.3 Å². The number of carbonyl (C=O) groups is 1. The van der Waals surface area contributed by atoms with Crippen molar-refractivity contribution < 1.29 is 9.90 Å². The Labute approximate surface area is 161 Å². The largest absolute Gasteiger partial charge is 0.387 e. The lowest BCUT2D eigenvalue weighted by Crippen LogP contribution is -2.22. The average Bonchev–Trinajstić information content (AvgIpc) is 3.39. The van der Waals surface area contributed by atoms with E-state index in [0.29, 0.717) is 29.9 Å². The number of hydrogen-bond donors (Lipinski definition) is 3. The quantitative estimate of drug-likeness (QED) is 0.479. The summed E-state index contributed by atoms with van der Waals surface area (Å²) in [5.41, 5.74) is 3.52. The molecule has 0 aliphatic heterocycles. The smallest absolute Gasteiger partial charge is 0.253 e. The van der Waals surface area contributed by atoms with Gasteiger partial charge in [0, 0.05) is 24.3 Å². The van der Waals surface area contributed by atoms with Crippen LogP contribution < -0.4 is 5.32 Å². The summed E-state index contributed by atoms with van der Waals surface area (Å²) in [6.07, 6.45) is 5.02. The van der Waals surface area contributed by atoms with Gasteiger partial charge in [0.2, 0.25) is 0 Å². The maximum absolute atomic E-state index is 12.5. The van der Waals surface area contributed by atoms with Crippen LogP contribution in [0.25, 0.3) is 16.7 Å². The van der Waals surface area contributed by atoms with Crippen LogP contribution in [0.1, 0.15) is 41.1 Å². The third kappa shape index (κ3) is 3.49. The normalized spacial score (nSPS) is 12.2. The summed E-state index contributed by atoms with van der Waals surface area (Å²) in [4.78, 5) is 19.7. The first-order valence-electron chi connectivity index (χ1n) is 9.05. The fourth-order valence-corrected chi connectivity index (χ4v) is 3.00. The molecule has 0 spiro atoms. The molecule has 1 atom stereocenters. The number of aliphatic hydroxyl groups excluding tert-OH is 1. The lowest BCUT2D eigenvalue weighted by molar-refractivity contribution is 0.0952. The Hall–Kier alpha value is -3.52. The first kappa shape index (κ1) is 17.9. The number of H-pyrrole nitrogens is 1. The fraction of sp³-hybridized carbons (Fsp3) is 0.200. The minimum atomic E-state index is -0.623. The van der Waals surface area contributed by atoms with E-state index in [1.54, 1.807) is 29.3 Å². The van der Waals surface area contributed by atoms with Gasteiger partial charge in [-0.1, -0.05) is 24.3 Å². The zero-order valence-electron chi connectivity index (χ0n) is 15.3. The highest BCUT2D eigenvalue weighted by molar-refractivity contribution is 6.05. The van der Waals surface area contributed by atoms with Gasteiger partial charge < -0.3 is 15.4 Å². The van der Waals surface area contributed by atoms with Gasteiger partial charge in [-0.05, 0) is 36.2 Å². The number of aromatic amines is 1. The molecule has 8 heteroatoms. The minimum absolute atomic E-state index is 0.168. The van der Waals surface area contributed by atoms with Crippen LogP contribution in [0.4, 0.5) is 0 Å². The molecule has 0 saturated heterocycles. The Morgan fingerprint density at radius 3 is 3.07 bits per heavy atom. The topological polar surface area (TPSA) is 109 Å². The van der Waals surface area contributed by atoms with Gasteiger partial charge in [0.25, 0.3) is 5.91 Å². The van der Waals surface area contributed by atoms with Crippen LogP contribution in [0.5, 0.6) is 0 Å². The highest BCUT2D eigenvalue weighted by Gasteiger charge is 2.13. The first-order chi connectivity index (χ1) is 13.7. The van der Waals surface area contributed by atoms with E-state index in [1.807, 2.05) is 37.3 Å². The highest BCUT2D eigenvalue weighted by atomic mass is 16.3. The second-order valence-electron chi connectivity index (χ2n) is 6.47. The molecule has 3 heterocycles. The monoisotopic (exact) mass is 376 g/mol. The Morgan fingerprint density at radius 1 is 1.32 bits per heavy atom. The molecule has 1 amide bonds. The first-order valence-corrected chi connectivity index (χ1v) is 9.05. The van der Waals surface area contributed by atoms with E-state index in [2.05, 4.69) is 25.6 Å². The summed E-state index contributed by atoms with van der Waals surface area (Å²) in [5, 5.41) is 21.7. The van der Waals surface area contributed by atoms with Gasteiger partial charge in [-0.15, -0.1) is 5.10 Å². The predicted octanol–water partition coefficient (Wildman–Crippen LogP) is 2.52.